The van der Waals surface area contributed by atoms with Gasteiger partial charge in [0.05, 0.1) is 27.3 Å². The molecule has 1 N–H and O–H groups in total. The molecule has 0 saturated heterocycles. The van der Waals surface area contributed by atoms with Gasteiger partial charge in [0.25, 0.3) is 0 Å². The lowest BCUT2D eigenvalue weighted by Crippen LogP contribution is -2.00. The lowest BCUT2D eigenvalue weighted by atomic mass is 10.2. The Kier molecular flexibility index (Phi) is 3.47. The van der Waals surface area contributed by atoms with Gasteiger partial charge in [0.2, 0.25) is 0 Å². The van der Waals surface area contributed by atoms with E-state index < -0.39 is 5.97 Å². The maximum Gasteiger partial charge on any atom is 0.335 e. The van der Waals surface area contributed by atoms with Gasteiger partial charge in [-0.15, -0.1) is 0 Å². The van der Waals surface area contributed by atoms with Crippen molar-refractivity contribution in [2.75, 3.05) is 0 Å². The first-order valence-electron chi connectivity index (χ1n) is 6.15. The summed E-state index contributed by atoms with van der Waals surface area (Å²) in [6.07, 6.45) is 0. The Morgan fingerprint density at radius 1 is 1.29 bits per heavy atom. The van der Waals surface area contributed by atoms with E-state index in [-0.39, 0.29) is 5.56 Å². The molecule has 21 heavy (non-hydrogen) atoms. The number of hydrogen-bond donors (Lipinski definition) is 1. The van der Waals surface area contributed by atoms with E-state index in [9.17, 15) is 4.79 Å². The first-order chi connectivity index (χ1) is 9.97. The van der Waals surface area contributed by atoms with Gasteiger partial charge < -0.3 is 5.11 Å². The Bertz CT molecular complexity index is 873. The highest BCUT2D eigenvalue weighted by molar-refractivity contribution is 9.10. The predicted octanol–water partition coefficient (Wildman–Crippen LogP) is 4.45. The minimum atomic E-state index is -0.970. The van der Waals surface area contributed by atoms with Crippen LogP contribution in [0.1, 0.15) is 16.2 Å². The molecular formula is C15H10BrClN2O2. The van der Waals surface area contributed by atoms with Gasteiger partial charge in [0.15, 0.2) is 0 Å². The fourth-order valence-electron chi connectivity index (χ4n) is 2.29. The highest BCUT2D eigenvalue weighted by Crippen LogP contribution is 2.29. The number of rotatable bonds is 2. The van der Waals surface area contributed by atoms with E-state index in [1.165, 1.54) is 0 Å². The molecule has 1 aromatic heterocycles. The lowest BCUT2D eigenvalue weighted by Gasteiger charge is -2.10. The fourth-order valence-corrected chi connectivity index (χ4v) is 2.84. The fraction of sp³-hybridized carbons (Fsp3) is 0.0667. The van der Waals surface area contributed by atoms with Crippen LogP contribution in [-0.4, -0.2) is 20.6 Å². The summed E-state index contributed by atoms with van der Waals surface area (Å²) in [6, 6.07) is 10.4. The molecule has 3 rings (SSSR count). The van der Waals surface area contributed by atoms with E-state index in [4.69, 9.17) is 16.7 Å². The van der Waals surface area contributed by atoms with E-state index in [1.54, 1.807) is 24.3 Å². The number of aromatic nitrogens is 2. The summed E-state index contributed by atoms with van der Waals surface area (Å²) in [6.45, 7) is 1.86. The molecule has 0 saturated carbocycles. The largest absolute Gasteiger partial charge is 0.478 e. The van der Waals surface area contributed by atoms with Crippen LogP contribution in [0.5, 0.6) is 0 Å². The highest BCUT2D eigenvalue weighted by Gasteiger charge is 2.14. The van der Waals surface area contributed by atoms with Crippen molar-refractivity contribution in [3.8, 4) is 5.69 Å². The lowest BCUT2D eigenvalue weighted by molar-refractivity contribution is 0.0697. The molecule has 6 heteroatoms. The van der Waals surface area contributed by atoms with Gasteiger partial charge in [0.1, 0.15) is 5.82 Å². The topological polar surface area (TPSA) is 55.1 Å². The van der Waals surface area contributed by atoms with E-state index in [2.05, 4.69) is 20.9 Å². The predicted molar refractivity (Wildman–Crippen MR) is 85.5 cm³/mol. The summed E-state index contributed by atoms with van der Waals surface area (Å²) in [5.41, 5.74) is 2.42. The SMILES string of the molecule is Cc1nc2ccc(C(=O)O)cc2n1-c1cc(Br)ccc1Cl. The number of benzene rings is 2. The monoisotopic (exact) mass is 364 g/mol. The molecule has 0 atom stereocenters. The van der Waals surface area contributed by atoms with Crippen LogP contribution in [0.3, 0.4) is 0 Å². The van der Waals surface area contributed by atoms with Crippen molar-refractivity contribution in [1.82, 2.24) is 9.55 Å². The van der Waals surface area contributed by atoms with Gasteiger partial charge in [-0.1, -0.05) is 27.5 Å². The van der Waals surface area contributed by atoms with Crippen LogP contribution in [0.25, 0.3) is 16.7 Å². The number of aryl methyl sites for hydroxylation is 1. The minimum Gasteiger partial charge on any atom is -0.478 e. The molecule has 106 valence electrons. The van der Waals surface area contributed by atoms with Crippen molar-refractivity contribution < 1.29 is 9.90 Å². The minimum absolute atomic E-state index is 0.217. The first-order valence-corrected chi connectivity index (χ1v) is 7.32. The van der Waals surface area contributed by atoms with Gasteiger partial charge in [-0.05, 0) is 43.3 Å². The number of halogens is 2. The third-order valence-electron chi connectivity index (χ3n) is 3.22. The van der Waals surface area contributed by atoms with Crippen molar-refractivity contribution in [3.63, 3.8) is 0 Å². The Labute approximate surface area is 134 Å². The second-order valence-corrected chi connectivity index (χ2v) is 5.92. The second-order valence-electron chi connectivity index (χ2n) is 4.60. The van der Waals surface area contributed by atoms with Crippen LogP contribution in [0.15, 0.2) is 40.9 Å². The molecule has 4 nitrogen and oxygen atoms in total. The summed E-state index contributed by atoms with van der Waals surface area (Å²) in [5, 5.41) is 9.72. The molecule has 0 radical (unpaired) electrons. The van der Waals surface area contributed by atoms with Gasteiger partial charge >= 0.3 is 5.97 Å². The van der Waals surface area contributed by atoms with Gasteiger partial charge in [0, 0.05) is 4.47 Å². The molecule has 0 aliphatic carbocycles. The Morgan fingerprint density at radius 3 is 2.76 bits per heavy atom. The van der Waals surface area contributed by atoms with E-state index in [1.807, 2.05) is 23.6 Å². The number of aromatic carboxylic acids is 1. The summed E-state index contributed by atoms with van der Waals surface area (Å²) in [7, 11) is 0. The number of nitrogens with zero attached hydrogens (tertiary/aromatic N) is 2. The van der Waals surface area contributed by atoms with E-state index >= 15 is 0 Å². The zero-order valence-corrected chi connectivity index (χ0v) is 13.3. The van der Waals surface area contributed by atoms with Gasteiger partial charge in [-0.25, -0.2) is 9.78 Å². The molecule has 0 amide bonds. The maximum absolute atomic E-state index is 11.2. The second kappa shape index (κ2) is 5.16. The number of hydrogen-bond acceptors (Lipinski definition) is 2. The Morgan fingerprint density at radius 2 is 2.05 bits per heavy atom. The maximum atomic E-state index is 11.2. The Hall–Kier alpha value is -1.85. The summed E-state index contributed by atoms with van der Waals surface area (Å²) < 4.78 is 2.74. The summed E-state index contributed by atoms with van der Waals surface area (Å²) in [5.74, 6) is -0.227. The first kappa shape index (κ1) is 14.1. The van der Waals surface area contributed by atoms with Crippen molar-refractivity contribution in [2.45, 2.75) is 6.92 Å². The van der Waals surface area contributed by atoms with Crippen LogP contribution in [0, 0.1) is 6.92 Å². The molecule has 0 aliphatic heterocycles. The van der Waals surface area contributed by atoms with E-state index in [0.717, 1.165) is 21.5 Å². The van der Waals surface area contributed by atoms with E-state index in [0.29, 0.717) is 10.5 Å². The molecule has 3 aromatic rings. The van der Waals surface area contributed by atoms with Crippen LogP contribution < -0.4 is 0 Å². The average molecular weight is 366 g/mol. The van der Waals surface area contributed by atoms with Crippen LogP contribution in [0.2, 0.25) is 5.02 Å². The number of fused-ring (bicyclic) bond motifs is 1. The third-order valence-corrected chi connectivity index (χ3v) is 4.03. The summed E-state index contributed by atoms with van der Waals surface area (Å²) >= 11 is 9.70. The number of carbonyl (C=O) groups is 1. The molecule has 1 heterocycles. The zero-order chi connectivity index (χ0) is 15.1. The van der Waals surface area contributed by atoms with Crippen molar-refractivity contribution in [2.24, 2.45) is 0 Å². The standard InChI is InChI=1S/C15H10BrClN2O2/c1-8-18-12-5-2-9(15(20)21)6-14(12)19(8)13-7-10(16)3-4-11(13)17/h2-7H,1H3,(H,20,21). The van der Waals surface area contributed by atoms with Crippen molar-refractivity contribution >= 4 is 44.5 Å². The Balaban J connectivity index is 2.35. The van der Waals surface area contributed by atoms with Gasteiger partial charge in [-0.2, -0.15) is 0 Å². The van der Waals surface area contributed by atoms with Crippen LogP contribution in [0.4, 0.5) is 0 Å². The molecular weight excluding hydrogens is 356 g/mol. The smallest absolute Gasteiger partial charge is 0.335 e. The van der Waals surface area contributed by atoms with Crippen molar-refractivity contribution in [3.05, 3.63) is 57.3 Å². The van der Waals surface area contributed by atoms with Gasteiger partial charge in [-0.3, -0.25) is 4.57 Å². The third kappa shape index (κ3) is 2.43. The highest BCUT2D eigenvalue weighted by atomic mass is 79.9. The number of carboxylic acids is 1. The van der Waals surface area contributed by atoms with Crippen molar-refractivity contribution in [1.29, 1.82) is 0 Å². The number of carboxylic acid groups (broad SMARTS) is 1. The molecule has 0 unspecified atom stereocenters. The average Bonchev–Trinajstić information content (AvgIpc) is 2.76. The molecule has 2 aromatic carbocycles. The molecule has 0 fully saturated rings. The van der Waals surface area contributed by atoms with Crippen LogP contribution >= 0.6 is 27.5 Å². The number of imidazole rings is 1. The van der Waals surface area contributed by atoms with Crippen LogP contribution in [-0.2, 0) is 0 Å². The normalized spacial score (nSPS) is 11.0. The summed E-state index contributed by atoms with van der Waals surface area (Å²) in [4.78, 5) is 15.6. The quantitative estimate of drug-likeness (QED) is 0.730. The molecule has 0 bridgehead atoms. The zero-order valence-electron chi connectivity index (χ0n) is 11.0. The molecule has 0 aliphatic rings. The molecule has 0 spiro atoms.